The van der Waals surface area contributed by atoms with Crippen molar-refractivity contribution < 1.29 is 0 Å². The molecule has 0 N–H and O–H groups in total. The molecule has 0 saturated carbocycles. The lowest BCUT2D eigenvalue weighted by Gasteiger charge is -2.18. The fourth-order valence-corrected chi connectivity index (χ4v) is 4.84. The highest BCUT2D eigenvalue weighted by Gasteiger charge is 2.17. The fraction of sp³-hybridized carbons (Fsp3) is 0.138. The van der Waals surface area contributed by atoms with Gasteiger partial charge in [0.1, 0.15) is 0 Å². The monoisotopic (exact) mass is 387 g/mol. The van der Waals surface area contributed by atoms with Gasteiger partial charge in [0.15, 0.2) is 0 Å². The lowest BCUT2D eigenvalue weighted by atomic mass is 9.86. The minimum atomic E-state index is 1.07. The van der Waals surface area contributed by atoms with E-state index in [-0.39, 0.29) is 0 Å². The van der Waals surface area contributed by atoms with Crippen LogP contribution in [0.3, 0.4) is 0 Å². The first-order valence-corrected chi connectivity index (χ1v) is 10.5. The van der Waals surface area contributed by atoms with Gasteiger partial charge in [-0.25, -0.2) is 0 Å². The van der Waals surface area contributed by atoms with Crippen LogP contribution in [0.5, 0.6) is 0 Å². The van der Waals surface area contributed by atoms with Gasteiger partial charge in [-0.05, 0) is 61.2 Å². The van der Waals surface area contributed by atoms with Gasteiger partial charge in [0.25, 0.3) is 0 Å². The van der Waals surface area contributed by atoms with E-state index in [0.717, 1.165) is 5.52 Å². The Morgan fingerprint density at radius 1 is 0.500 bits per heavy atom. The Balaban J connectivity index is 1.99. The van der Waals surface area contributed by atoms with E-state index < -0.39 is 0 Å². The van der Waals surface area contributed by atoms with Crippen LogP contribution in [0.25, 0.3) is 43.9 Å². The van der Waals surface area contributed by atoms with Crippen LogP contribution < -0.4 is 0 Å². The Labute approximate surface area is 178 Å². The third-order valence-corrected chi connectivity index (χ3v) is 5.80. The van der Waals surface area contributed by atoms with Crippen LogP contribution in [0.1, 0.15) is 22.3 Å². The van der Waals surface area contributed by atoms with E-state index in [9.17, 15) is 0 Å². The van der Waals surface area contributed by atoms with Crippen molar-refractivity contribution in [1.29, 1.82) is 0 Å². The molecule has 1 heteroatoms. The molecule has 0 radical (unpaired) electrons. The maximum atomic E-state index is 4.90. The molecular formula is C29H25N. The van der Waals surface area contributed by atoms with Crippen LogP contribution >= 0.6 is 0 Å². The van der Waals surface area contributed by atoms with Crippen LogP contribution in [0.15, 0.2) is 79.0 Å². The lowest BCUT2D eigenvalue weighted by Crippen LogP contribution is -1.94. The van der Waals surface area contributed by atoms with Crippen LogP contribution in [-0.2, 0) is 0 Å². The molecule has 5 aromatic rings. The van der Waals surface area contributed by atoms with Crippen molar-refractivity contribution in [2.75, 3.05) is 0 Å². The number of aryl methyl sites for hydroxylation is 4. The van der Waals surface area contributed by atoms with Gasteiger partial charge in [0, 0.05) is 17.1 Å². The van der Waals surface area contributed by atoms with Crippen molar-refractivity contribution in [3.8, 4) is 22.3 Å². The highest BCUT2D eigenvalue weighted by Crippen LogP contribution is 2.43. The highest BCUT2D eigenvalue weighted by molar-refractivity contribution is 6.20. The summed E-state index contributed by atoms with van der Waals surface area (Å²) in [6.45, 7) is 8.67. The number of benzene rings is 4. The normalized spacial score (nSPS) is 11.3. The summed E-state index contributed by atoms with van der Waals surface area (Å²) in [5, 5.41) is 3.73. The number of hydrogen-bond acceptors (Lipinski definition) is 1. The summed E-state index contributed by atoms with van der Waals surface area (Å²) in [6.07, 6.45) is 1.91. The predicted octanol–water partition coefficient (Wildman–Crippen LogP) is 7.96. The van der Waals surface area contributed by atoms with E-state index in [1.165, 1.54) is 60.7 Å². The second-order valence-corrected chi connectivity index (χ2v) is 8.45. The molecule has 1 heterocycles. The molecule has 1 nitrogen and oxygen atoms in total. The molecule has 0 atom stereocenters. The van der Waals surface area contributed by atoms with Crippen molar-refractivity contribution in [2.45, 2.75) is 27.7 Å². The summed E-state index contributed by atoms with van der Waals surface area (Å²) < 4.78 is 0. The summed E-state index contributed by atoms with van der Waals surface area (Å²) in [7, 11) is 0. The van der Waals surface area contributed by atoms with Crippen LogP contribution in [0.4, 0.5) is 0 Å². The third kappa shape index (κ3) is 3.07. The van der Waals surface area contributed by atoms with Crippen molar-refractivity contribution in [1.82, 2.24) is 4.98 Å². The van der Waals surface area contributed by atoms with Crippen molar-refractivity contribution in [2.24, 2.45) is 0 Å². The fourth-order valence-electron chi connectivity index (χ4n) is 4.84. The lowest BCUT2D eigenvalue weighted by molar-refractivity contribution is 1.37. The zero-order chi connectivity index (χ0) is 20.8. The van der Waals surface area contributed by atoms with E-state index in [2.05, 4.69) is 100 Å². The van der Waals surface area contributed by atoms with Gasteiger partial charge in [-0.1, -0.05) is 89.0 Å². The van der Waals surface area contributed by atoms with Crippen LogP contribution in [0, 0.1) is 27.7 Å². The molecular weight excluding hydrogens is 362 g/mol. The first kappa shape index (κ1) is 18.6. The summed E-state index contributed by atoms with van der Waals surface area (Å²) in [4.78, 5) is 4.90. The van der Waals surface area contributed by atoms with Crippen LogP contribution in [0.2, 0.25) is 0 Å². The van der Waals surface area contributed by atoms with E-state index in [4.69, 9.17) is 4.98 Å². The molecule has 0 unspecified atom stereocenters. The maximum Gasteiger partial charge on any atom is 0.0792 e. The first-order chi connectivity index (χ1) is 14.5. The molecule has 1 aromatic heterocycles. The number of pyridine rings is 1. The van der Waals surface area contributed by atoms with Gasteiger partial charge < -0.3 is 0 Å². The molecule has 0 aliphatic rings. The van der Waals surface area contributed by atoms with Gasteiger partial charge in [-0.3, -0.25) is 4.98 Å². The Hall–Kier alpha value is -3.45. The molecule has 30 heavy (non-hydrogen) atoms. The molecule has 0 bridgehead atoms. The molecule has 146 valence electrons. The standard InChI is InChI=1S/C29H25N/c1-18-12-19(2)15-22(14-18)27-24-8-5-6-9-25(24)28(29-26(27)10-7-11-30-29)23-16-20(3)13-21(4)17-23/h5-17H,1-4H3. The van der Waals surface area contributed by atoms with Gasteiger partial charge in [-0.2, -0.15) is 0 Å². The van der Waals surface area contributed by atoms with E-state index in [1.54, 1.807) is 0 Å². The van der Waals surface area contributed by atoms with E-state index in [1.807, 2.05) is 6.20 Å². The Bertz CT molecular complexity index is 1220. The minimum Gasteiger partial charge on any atom is -0.256 e. The Kier molecular flexibility index (Phi) is 4.40. The van der Waals surface area contributed by atoms with Gasteiger partial charge in [0.2, 0.25) is 0 Å². The SMILES string of the molecule is Cc1cc(C)cc(-c2c3ccccc3c(-c3cc(C)cc(C)c3)c3ncccc23)c1. The zero-order valence-corrected chi connectivity index (χ0v) is 18.0. The van der Waals surface area contributed by atoms with Gasteiger partial charge in [0.05, 0.1) is 5.52 Å². The highest BCUT2D eigenvalue weighted by atomic mass is 14.7. The third-order valence-electron chi connectivity index (χ3n) is 5.80. The summed E-state index contributed by atoms with van der Waals surface area (Å²) in [5.41, 5.74) is 11.2. The van der Waals surface area contributed by atoms with E-state index in [0.29, 0.717) is 0 Å². The number of aromatic nitrogens is 1. The largest absolute Gasteiger partial charge is 0.256 e. The average molecular weight is 388 g/mol. The summed E-state index contributed by atoms with van der Waals surface area (Å²) in [5.74, 6) is 0. The number of hydrogen-bond donors (Lipinski definition) is 0. The quantitative estimate of drug-likeness (QED) is 0.280. The average Bonchev–Trinajstić information content (AvgIpc) is 2.70. The maximum absolute atomic E-state index is 4.90. The molecule has 0 saturated heterocycles. The predicted molar refractivity (Wildman–Crippen MR) is 129 cm³/mol. The van der Waals surface area contributed by atoms with Crippen molar-refractivity contribution in [3.05, 3.63) is 101 Å². The summed E-state index contributed by atoms with van der Waals surface area (Å²) in [6, 6.07) is 26.6. The topological polar surface area (TPSA) is 12.9 Å². The second-order valence-electron chi connectivity index (χ2n) is 8.45. The van der Waals surface area contributed by atoms with Crippen molar-refractivity contribution in [3.63, 3.8) is 0 Å². The Morgan fingerprint density at radius 3 is 1.53 bits per heavy atom. The molecule has 0 amide bonds. The van der Waals surface area contributed by atoms with Gasteiger partial charge in [-0.15, -0.1) is 0 Å². The Morgan fingerprint density at radius 2 is 0.967 bits per heavy atom. The van der Waals surface area contributed by atoms with Gasteiger partial charge >= 0.3 is 0 Å². The molecule has 0 aliphatic heterocycles. The molecule has 4 aromatic carbocycles. The molecule has 0 fully saturated rings. The van der Waals surface area contributed by atoms with E-state index >= 15 is 0 Å². The molecule has 5 rings (SSSR count). The van der Waals surface area contributed by atoms with Crippen molar-refractivity contribution >= 4 is 21.7 Å². The van der Waals surface area contributed by atoms with Crippen LogP contribution in [-0.4, -0.2) is 4.98 Å². The molecule has 0 aliphatic carbocycles. The zero-order valence-electron chi connectivity index (χ0n) is 18.0. The number of fused-ring (bicyclic) bond motifs is 2. The minimum absolute atomic E-state index is 1.07. The smallest absolute Gasteiger partial charge is 0.0792 e. The first-order valence-electron chi connectivity index (χ1n) is 10.5. The second kappa shape index (κ2) is 7.11. The molecule has 0 spiro atoms. The number of nitrogens with zero attached hydrogens (tertiary/aromatic N) is 1. The number of rotatable bonds is 2. The summed E-state index contributed by atoms with van der Waals surface area (Å²) >= 11 is 0.